The Bertz CT molecular complexity index is 3800. The molecule has 0 radical (unpaired) electrons. The second-order valence-electron chi connectivity index (χ2n) is 28.7. The molecule has 0 spiro atoms. The van der Waals surface area contributed by atoms with Crippen molar-refractivity contribution in [2.24, 2.45) is 33.5 Å². The summed E-state index contributed by atoms with van der Waals surface area (Å²) in [6.45, 7) is 28.5. The number of nitrogens with zero attached hydrogens (tertiary/aromatic N) is 1. The molecule has 4 fully saturated rings. The van der Waals surface area contributed by atoms with Crippen LogP contribution in [0.5, 0.6) is 5.75 Å². The maximum atomic E-state index is 13.3. The first-order valence-electron chi connectivity index (χ1n) is 33.0. The van der Waals surface area contributed by atoms with Crippen molar-refractivity contribution >= 4 is 64.6 Å². The number of alkyl halides is 3. The number of fused-ring (bicyclic) bond motifs is 3. The molecule has 4 bridgehead atoms. The van der Waals surface area contributed by atoms with Crippen LogP contribution in [0.1, 0.15) is 191 Å². The van der Waals surface area contributed by atoms with Crippen molar-refractivity contribution in [1.82, 2.24) is 4.98 Å². The SMILES string of the molecule is CCC(C)(C)C(=O)OC(C)(C)c1ccc(F)cc1.CCC(C)(C)C(=O)OC(C)(C)c1ccncc1.CCC(C)(C)C(=O)OC12CC3CC(C1)CC(C(=O)OC(CS(=O)(=O)[O-])C(F)(F)F)(C3)C2.CCC(C)c1cccc(O)c1.c1ccc(-[s+]2c3ccccc3c3ccccc32)cc1. The molecule has 0 aliphatic heterocycles. The molecule has 0 saturated heterocycles. The Morgan fingerprint density at radius 2 is 1.08 bits per heavy atom. The summed E-state index contributed by atoms with van der Waals surface area (Å²) in [5, 5.41) is 11.9. The summed E-state index contributed by atoms with van der Waals surface area (Å²) in [6, 6.07) is 45.6. The standard InChI is InChI=1S/C20H29F3O7S.C18H13S.C15H21FO2.C14H21NO2.C10H14O/c1-4-17(2,3)15(24)30-19-8-12-5-13(9-19)7-18(6-12,11-19)16(25)29-14(20(21,22)23)10-31(26,27)28;1-2-8-14(9-3-1)19-17-12-6-4-10-15(17)16-11-5-7-13-18(16)19;1-6-14(2,3)13(17)18-15(4,5)11-7-9-12(16)10-8-11;1-6-13(2,3)12(16)17-14(4,5)11-7-9-15-10-8-11;1-3-8(2)9-5-4-6-10(11)7-9/h12-14H,4-11H2,1-3H3,(H,26,27,28);1-13H;7-10H,6H2,1-5H3;7-10H,6H2,1-5H3;4-8,11H,3H2,1-2H3/q;+1;;;/p-1. The predicted octanol–water partition coefficient (Wildman–Crippen LogP) is 19.3. The quantitative estimate of drug-likeness (QED) is 0.0280. The molecule has 4 unspecified atom stereocenters. The van der Waals surface area contributed by atoms with Crippen molar-refractivity contribution in [3.63, 3.8) is 0 Å². The molecule has 13 nitrogen and oxygen atoms in total. The van der Waals surface area contributed by atoms with Crippen LogP contribution in [0.4, 0.5) is 17.6 Å². The highest BCUT2D eigenvalue weighted by atomic mass is 32.2. The number of thiophene rings is 1. The molecule has 4 atom stereocenters. The van der Waals surface area contributed by atoms with Crippen molar-refractivity contribution in [2.45, 2.75) is 203 Å². The van der Waals surface area contributed by atoms with Gasteiger partial charge < -0.3 is 28.6 Å². The highest BCUT2D eigenvalue weighted by molar-refractivity contribution is 7.85. The summed E-state index contributed by atoms with van der Waals surface area (Å²) in [5.74, 6) is -3.23. The van der Waals surface area contributed by atoms with Crippen LogP contribution in [-0.4, -0.2) is 70.6 Å². The topological polar surface area (TPSA) is 196 Å². The molecule has 4 saturated carbocycles. The van der Waals surface area contributed by atoms with Crippen molar-refractivity contribution < 1.29 is 73.8 Å². The lowest BCUT2D eigenvalue weighted by Gasteiger charge is -2.60. The molecule has 2 heterocycles. The molecule has 2 aromatic heterocycles. The maximum Gasteiger partial charge on any atom is 0.426 e. The molecular weight excluding hydrogens is 1270 g/mol. The Hall–Kier alpha value is -7.22. The fourth-order valence-electron chi connectivity index (χ4n) is 12.1. The number of esters is 4. The van der Waals surface area contributed by atoms with Gasteiger partial charge in [-0.1, -0.05) is 101 Å². The lowest BCUT2D eigenvalue weighted by molar-refractivity contribution is -0.239. The minimum absolute atomic E-state index is 0.00100. The van der Waals surface area contributed by atoms with Gasteiger partial charge in [-0.05, 0) is 234 Å². The normalized spacial score (nSPS) is 19.1. The molecule has 7 aromatic rings. The number of pyridine rings is 1. The summed E-state index contributed by atoms with van der Waals surface area (Å²) >= 11 is 0. The van der Waals surface area contributed by atoms with Crippen molar-refractivity contribution in [3.05, 3.63) is 174 Å². The fourth-order valence-corrected chi connectivity index (χ4v) is 15.2. The van der Waals surface area contributed by atoms with Crippen LogP contribution in [-0.2, 0) is 59.4 Å². The molecule has 4 aliphatic carbocycles. The van der Waals surface area contributed by atoms with Gasteiger partial charge in [-0.3, -0.25) is 24.2 Å². The van der Waals surface area contributed by atoms with Gasteiger partial charge in [0.1, 0.15) is 28.4 Å². The second kappa shape index (κ2) is 31.5. The van der Waals surface area contributed by atoms with Gasteiger partial charge in [0.15, 0.2) is 14.3 Å². The number of rotatable bonds is 18. The van der Waals surface area contributed by atoms with E-state index in [-0.39, 0.29) is 46.5 Å². The summed E-state index contributed by atoms with van der Waals surface area (Å²) < 4.78 is 110. The Labute approximate surface area is 567 Å². The van der Waals surface area contributed by atoms with Crippen LogP contribution in [0.15, 0.2) is 152 Å². The number of halogens is 4. The molecule has 1 N–H and O–H groups in total. The van der Waals surface area contributed by atoms with Gasteiger partial charge in [-0.2, -0.15) is 13.2 Å². The molecular formula is C77H97F4NO12S2. The van der Waals surface area contributed by atoms with E-state index in [0.29, 0.717) is 50.2 Å². The number of phenolic OH excluding ortho intramolecular Hbond substituents is 1. The third kappa shape index (κ3) is 20.2. The minimum Gasteiger partial charge on any atom is -0.748 e. The number of hydrogen-bond donors (Lipinski definition) is 1. The number of benzene rings is 5. The van der Waals surface area contributed by atoms with Crippen LogP contribution in [0, 0.1) is 39.3 Å². The highest BCUT2D eigenvalue weighted by Gasteiger charge is 2.64. The molecule has 5 aromatic carbocycles. The number of hydrogen-bond acceptors (Lipinski definition) is 13. The third-order valence-electron chi connectivity index (χ3n) is 19.2. The second-order valence-corrected chi connectivity index (χ2v) is 32.2. The minimum atomic E-state index is -5.27. The summed E-state index contributed by atoms with van der Waals surface area (Å²) in [6.07, 6.45) is 0.857. The van der Waals surface area contributed by atoms with Crippen LogP contribution in [0.2, 0.25) is 0 Å². The first-order chi connectivity index (χ1) is 44.7. The van der Waals surface area contributed by atoms with Gasteiger partial charge in [0, 0.05) is 40.1 Å². The largest absolute Gasteiger partial charge is 0.748 e. The number of aromatic nitrogens is 1. The number of ether oxygens (including phenoxy) is 4. The number of phenols is 1. The molecule has 96 heavy (non-hydrogen) atoms. The molecule has 522 valence electrons. The van der Waals surface area contributed by atoms with Crippen LogP contribution < -0.4 is 0 Å². The van der Waals surface area contributed by atoms with E-state index in [2.05, 4.69) is 102 Å². The van der Waals surface area contributed by atoms with E-state index < -0.39 is 78.6 Å². The Morgan fingerprint density at radius 1 is 0.625 bits per heavy atom. The van der Waals surface area contributed by atoms with Gasteiger partial charge >= 0.3 is 30.1 Å². The smallest absolute Gasteiger partial charge is 0.426 e. The number of aromatic hydroxyl groups is 1. The monoisotopic (exact) mass is 1370 g/mol. The summed E-state index contributed by atoms with van der Waals surface area (Å²) in [7, 11) is -5.21. The van der Waals surface area contributed by atoms with E-state index in [1.54, 1.807) is 44.4 Å². The van der Waals surface area contributed by atoms with Gasteiger partial charge in [0.25, 0.3) is 0 Å². The van der Waals surface area contributed by atoms with Gasteiger partial charge in [-0.25, -0.2) is 12.8 Å². The zero-order valence-electron chi connectivity index (χ0n) is 58.2. The summed E-state index contributed by atoms with van der Waals surface area (Å²) in [5.41, 5.74) is -2.32. The Balaban J connectivity index is 0.000000197. The van der Waals surface area contributed by atoms with E-state index in [9.17, 15) is 49.7 Å². The van der Waals surface area contributed by atoms with E-state index in [4.69, 9.17) is 19.3 Å². The van der Waals surface area contributed by atoms with Crippen molar-refractivity contribution in [2.75, 3.05) is 5.75 Å². The number of carbonyl (C=O) groups is 4. The van der Waals surface area contributed by atoms with Crippen LogP contribution >= 0.6 is 10.5 Å². The van der Waals surface area contributed by atoms with Gasteiger partial charge in [0.05, 0.1) is 37.5 Å². The average molecular weight is 1370 g/mol. The Morgan fingerprint density at radius 3 is 1.53 bits per heavy atom. The fraction of sp³-hybridized carbons (Fsp3) is 0.494. The Kier molecular flexibility index (Phi) is 25.6. The van der Waals surface area contributed by atoms with E-state index in [0.717, 1.165) is 30.4 Å². The molecule has 0 amide bonds. The highest BCUT2D eigenvalue weighted by Crippen LogP contribution is 2.64. The van der Waals surface area contributed by atoms with Gasteiger partial charge in [0.2, 0.25) is 6.10 Å². The first kappa shape index (κ1) is 77.8. The average Bonchev–Trinajstić information content (AvgIpc) is 0.879. The van der Waals surface area contributed by atoms with E-state index >= 15 is 0 Å². The van der Waals surface area contributed by atoms with Crippen molar-refractivity contribution in [3.8, 4) is 10.6 Å². The van der Waals surface area contributed by atoms with Crippen LogP contribution in [0.25, 0.3) is 25.1 Å². The molecule has 19 heteroatoms. The zero-order chi connectivity index (χ0) is 71.5. The molecule has 4 aliphatic rings. The van der Waals surface area contributed by atoms with E-state index in [1.807, 2.05) is 106 Å². The lowest BCUT2D eigenvalue weighted by Crippen LogP contribution is -2.61. The van der Waals surface area contributed by atoms with Gasteiger partial charge in [-0.15, -0.1) is 0 Å². The zero-order valence-corrected chi connectivity index (χ0v) is 59.9. The predicted molar refractivity (Wildman–Crippen MR) is 370 cm³/mol. The molecule has 11 rings (SSSR count). The number of carbonyl (C=O) groups excluding carboxylic acids is 4. The lowest BCUT2D eigenvalue weighted by atomic mass is 9.48. The summed E-state index contributed by atoms with van der Waals surface area (Å²) in [4.78, 5) is 55.2. The maximum absolute atomic E-state index is 13.3. The first-order valence-corrected chi connectivity index (χ1v) is 35.8. The van der Waals surface area contributed by atoms with Crippen LogP contribution in [0.3, 0.4) is 0 Å². The van der Waals surface area contributed by atoms with E-state index in [1.165, 1.54) is 42.8 Å². The third-order valence-corrected chi connectivity index (χ3v) is 22.2. The van der Waals surface area contributed by atoms with Crippen molar-refractivity contribution in [1.29, 1.82) is 0 Å².